The molecule has 108 valence electrons. The molecule has 5 nitrogen and oxygen atoms in total. The molecule has 0 N–H and O–H groups in total. The van der Waals surface area contributed by atoms with Crippen LogP contribution in [0.2, 0.25) is 0 Å². The van der Waals surface area contributed by atoms with Gasteiger partial charge >= 0.3 is 5.63 Å². The van der Waals surface area contributed by atoms with Crippen LogP contribution in [-0.2, 0) is 0 Å². The summed E-state index contributed by atoms with van der Waals surface area (Å²) >= 11 is 0. The van der Waals surface area contributed by atoms with E-state index in [1.54, 1.807) is 19.5 Å². The third-order valence-electron chi connectivity index (χ3n) is 3.66. The van der Waals surface area contributed by atoms with Gasteiger partial charge in [-0.2, -0.15) is 0 Å². The van der Waals surface area contributed by atoms with Gasteiger partial charge in [-0.05, 0) is 36.4 Å². The summed E-state index contributed by atoms with van der Waals surface area (Å²) in [5.74, 6) is 0.776. The standard InChI is InChI=1S/C17H12N2O3/c1-21-12-8-6-11(7-9-12)19-10-18-15-16(19)13-4-2-3-5-14(13)22-17(15)20/h2-10H,1H3. The van der Waals surface area contributed by atoms with E-state index in [0.29, 0.717) is 11.1 Å². The maximum Gasteiger partial charge on any atom is 0.364 e. The van der Waals surface area contributed by atoms with Gasteiger partial charge in [-0.1, -0.05) is 12.1 Å². The van der Waals surface area contributed by atoms with E-state index in [9.17, 15) is 4.79 Å². The molecule has 0 amide bonds. The van der Waals surface area contributed by atoms with Gasteiger partial charge in [0.1, 0.15) is 17.7 Å². The van der Waals surface area contributed by atoms with Crippen LogP contribution < -0.4 is 10.4 Å². The summed E-state index contributed by atoms with van der Waals surface area (Å²) in [6.45, 7) is 0. The van der Waals surface area contributed by atoms with E-state index >= 15 is 0 Å². The van der Waals surface area contributed by atoms with Crippen LogP contribution in [0, 0.1) is 0 Å². The molecule has 2 aromatic carbocycles. The highest BCUT2D eigenvalue weighted by atomic mass is 16.5. The highest BCUT2D eigenvalue weighted by Crippen LogP contribution is 2.25. The van der Waals surface area contributed by atoms with Crippen molar-refractivity contribution in [3.8, 4) is 11.4 Å². The van der Waals surface area contributed by atoms with E-state index in [1.807, 2.05) is 47.0 Å². The number of hydrogen-bond acceptors (Lipinski definition) is 4. The summed E-state index contributed by atoms with van der Waals surface area (Å²) in [7, 11) is 1.63. The third-order valence-corrected chi connectivity index (χ3v) is 3.66. The maximum absolute atomic E-state index is 12.1. The average molecular weight is 292 g/mol. The third kappa shape index (κ3) is 1.79. The highest BCUT2D eigenvalue weighted by Gasteiger charge is 2.13. The Bertz CT molecular complexity index is 1030. The first-order valence-electron chi connectivity index (χ1n) is 6.81. The number of benzene rings is 2. The molecule has 0 aliphatic heterocycles. The van der Waals surface area contributed by atoms with E-state index in [0.717, 1.165) is 22.3 Å². The Labute approximate surface area is 125 Å². The lowest BCUT2D eigenvalue weighted by Gasteiger charge is -2.07. The van der Waals surface area contributed by atoms with Gasteiger partial charge in [0.15, 0.2) is 5.52 Å². The first-order chi connectivity index (χ1) is 10.8. The molecular formula is C17H12N2O3. The van der Waals surface area contributed by atoms with Crippen LogP contribution in [0.4, 0.5) is 0 Å². The molecule has 0 saturated carbocycles. The minimum Gasteiger partial charge on any atom is -0.497 e. The minimum atomic E-state index is -0.430. The topological polar surface area (TPSA) is 57.3 Å². The SMILES string of the molecule is COc1ccc(-n2cnc3c(=O)oc4ccccc4c32)cc1. The molecule has 0 radical (unpaired) electrons. The largest absolute Gasteiger partial charge is 0.497 e. The lowest BCUT2D eigenvalue weighted by Crippen LogP contribution is -2.01. The van der Waals surface area contributed by atoms with Gasteiger partial charge < -0.3 is 9.15 Å². The van der Waals surface area contributed by atoms with Crippen molar-refractivity contribution in [2.24, 2.45) is 0 Å². The van der Waals surface area contributed by atoms with Crippen molar-refractivity contribution < 1.29 is 9.15 Å². The Hall–Kier alpha value is -3.08. The Kier molecular flexibility index (Phi) is 2.72. The second-order valence-electron chi connectivity index (χ2n) is 4.90. The van der Waals surface area contributed by atoms with Crippen LogP contribution in [0.3, 0.4) is 0 Å². The number of hydrogen-bond donors (Lipinski definition) is 0. The molecule has 22 heavy (non-hydrogen) atoms. The molecule has 4 rings (SSSR count). The van der Waals surface area contributed by atoms with Gasteiger partial charge in [-0.3, -0.25) is 4.57 Å². The minimum absolute atomic E-state index is 0.328. The molecule has 2 heterocycles. The van der Waals surface area contributed by atoms with Crippen LogP contribution in [0.1, 0.15) is 0 Å². The molecule has 0 aliphatic carbocycles. The second kappa shape index (κ2) is 4.73. The van der Waals surface area contributed by atoms with Crippen LogP contribution in [-0.4, -0.2) is 16.7 Å². The van der Waals surface area contributed by atoms with Gasteiger partial charge in [0, 0.05) is 11.1 Å². The predicted octanol–water partition coefficient (Wildman–Crippen LogP) is 3.14. The van der Waals surface area contributed by atoms with Crippen LogP contribution in [0.15, 0.2) is 64.1 Å². The first kappa shape index (κ1) is 12.6. The average Bonchev–Trinajstić information content (AvgIpc) is 3.01. The number of fused-ring (bicyclic) bond motifs is 3. The number of rotatable bonds is 2. The molecule has 0 aliphatic rings. The predicted molar refractivity (Wildman–Crippen MR) is 83.7 cm³/mol. The van der Waals surface area contributed by atoms with Crippen LogP contribution in [0.5, 0.6) is 5.75 Å². The van der Waals surface area contributed by atoms with Crippen molar-refractivity contribution in [2.75, 3.05) is 7.11 Å². The number of methoxy groups -OCH3 is 1. The summed E-state index contributed by atoms with van der Waals surface area (Å²) in [5, 5.41) is 0.852. The highest BCUT2D eigenvalue weighted by molar-refractivity contribution is 6.01. The zero-order valence-corrected chi connectivity index (χ0v) is 11.8. The fourth-order valence-corrected chi connectivity index (χ4v) is 2.59. The zero-order valence-electron chi connectivity index (χ0n) is 11.8. The summed E-state index contributed by atoms with van der Waals surface area (Å²) in [4.78, 5) is 16.3. The van der Waals surface area contributed by atoms with E-state index in [4.69, 9.17) is 9.15 Å². The quantitative estimate of drug-likeness (QED) is 0.533. The number of aromatic nitrogens is 2. The van der Waals surface area contributed by atoms with Crippen LogP contribution >= 0.6 is 0 Å². The molecule has 0 spiro atoms. The Morgan fingerprint density at radius 3 is 2.64 bits per heavy atom. The second-order valence-corrected chi connectivity index (χ2v) is 4.90. The van der Waals surface area contributed by atoms with Gasteiger partial charge in [0.05, 0.1) is 12.6 Å². The summed E-state index contributed by atoms with van der Waals surface area (Å²) < 4.78 is 12.4. The summed E-state index contributed by atoms with van der Waals surface area (Å²) in [6, 6.07) is 15.0. The fraction of sp³-hybridized carbons (Fsp3) is 0.0588. The Balaban J connectivity index is 2.07. The van der Waals surface area contributed by atoms with Gasteiger partial charge in [0.25, 0.3) is 0 Å². The molecule has 4 aromatic rings. The normalized spacial score (nSPS) is 11.1. The van der Waals surface area contributed by atoms with E-state index in [-0.39, 0.29) is 0 Å². The summed E-state index contributed by atoms with van der Waals surface area (Å²) in [5.41, 5.74) is 2.10. The molecule has 5 heteroatoms. The lowest BCUT2D eigenvalue weighted by atomic mass is 10.2. The molecule has 0 atom stereocenters. The van der Waals surface area contributed by atoms with Gasteiger partial charge in [-0.15, -0.1) is 0 Å². The molecule has 2 aromatic heterocycles. The van der Waals surface area contributed by atoms with E-state index in [2.05, 4.69) is 4.98 Å². The zero-order chi connectivity index (χ0) is 15.1. The lowest BCUT2D eigenvalue weighted by molar-refractivity contribution is 0.415. The van der Waals surface area contributed by atoms with Crippen molar-refractivity contribution in [1.29, 1.82) is 0 Å². The molecular weight excluding hydrogens is 280 g/mol. The van der Waals surface area contributed by atoms with E-state index in [1.165, 1.54) is 0 Å². The molecule has 0 bridgehead atoms. The Morgan fingerprint density at radius 2 is 1.86 bits per heavy atom. The fourth-order valence-electron chi connectivity index (χ4n) is 2.59. The number of imidazole rings is 1. The number of nitrogens with zero attached hydrogens (tertiary/aromatic N) is 2. The molecule has 0 fully saturated rings. The van der Waals surface area contributed by atoms with Crippen molar-refractivity contribution in [3.63, 3.8) is 0 Å². The number of ether oxygens (including phenoxy) is 1. The smallest absolute Gasteiger partial charge is 0.364 e. The molecule has 0 unspecified atom stereocenters. The molecule has 0 saturated heterocycles. The van der Waals surface area contributed by atoms with Crippen molar-refractivity contribution in [1.82, 2.24) is 9.55 Å². The van der Waals surface area contributed by atoms with Crippen molar-refractivity contribution in [3.05, 3.63) is 65.3 Å². The number of para-hydroxylation sites is 1. The maximum atomic E-state index is 12.1. The van der Waals surface area contributed by atoms with Gasteiger partial charge in [-0.25, -0.2) is 9.78 Å². The monoisotopic (exact) mass is 292 g/mol. The van der Waals surface area contributed by atoms with Crippen LogP contribution in [0.25, 0.3) is 27.7 Å². The Morgan fingerprint density at radius 1 is 1.09 bits per heavy atom. The van der Waals surface area contributed by atoms with E-state index < -0.39 is 5.63 Å². The summed E-state index contributed by atoms with van der Waals surface area (Å²) in [6.07, 6.45) is 1.63. The van der Waals surface area contributed by atoms with Crippen molar-refractivity contribution in [2.45, 2.75) is 0 Å². The first-order valence-corrected chi connectivity index (χ1v) is 6.81. The van der Waals surface area contributed by atoms with Crippen molar-refractivity contribution >= 4 is 22.0 Å². The van der Waals surface area contributed by atoms with Gasteiger partial charge in [0.2, 0.25) is 0 Å².